The molecule has 1 saturated heterocycles. The van der Waals surface area contributed by atoms with Gasteiger partial charge >= 0.3 is 6.09 Å². The molecule has 1 N–H and O–H groups in total. The lowest BCUT2D eigenvalue weighted by atomic mass is 9.91. The van der Waals surface area contributed by atoms with Gasteiger partial charge in [-0.25, -0.2) is 4.79 Å². The number of hydrogen-bond donors (Lipinski definition) is 1. The van der Waals surface area contributed by atoms with E-state index in [1.807, 2.05) is 20.8 Å². The summed E-state index contributed by atoms with van der Waals surface area (Å²) in [7, 11) is 0. The summed E-state index contributed by atoms with van der Waals surface area (Å²) in [5, 5.41) is 10.1. The van der Waals surface area contributed by atoms with Gasteiger partial charge in [-0.05, 0) is 46.5 Å². The second-order valence-corrected chi connectivity index (χ2v) is 6.37. The van der Waals surface area contributed by atoms with Crippen molar-refractivity contribution in [3.05, 3.63) is 0 Å². The van der Waals surface area contributed by atoms with E-state index >= 15 is 0 Å². The summed E-state index contributed by atoms with van der Waals surface area (Å²) in [4.78, 5) is 13.7. The molecule has 0 unspecified atom stereocenters. The molecular weight excluding hydrogens is 218 g/mol. The zero-order valence-electron chi connectivity index (χ0n) is 11.0. The number of nitrogens with zero attached hydrogens (tertiary/aromatic N) is 1. The van der Waals surface area contributed by atoms with Crippen molar-refractivity contribution in [1.82, 2.24) is 4.90 Å². The van der Waals surface area contributed by atoms with Crippen LogP contribution in [0.2, 0.25) is 0 Å². The van der Waals surface area contributed by atoms with Crippen molar-refractivity contribution in [2.45, 2.75) is 57.7 Å². The van der Waals surface area contributed by atoms with Gasteiger partial charge in [0.25, 0.3) is 0 Å². The first-order valence-electron chi connectivity index (χ1n) is 6.50. The fourth-order valence-corrected chi connectivity index (χ4v) is 2.44. The number of ether oxygens (including phenoxy) is 1. The molecule has 0 bridgehead atoms. The molecule has 0 radical (unpaired) electrons. The molecule has 2 rings (SSSR count). The number of carbonyl (C=O) groups excluding carboxylic acids is 1. The molecular formula is C13H23NO3. The summed E-state index contributed by atoms with van der Waals surface area (Å²) in [6, 6.07) is 0. The number of aliphatic hydroxyl groups is 1. The minimum atomic E-state index is -0.485. The Hall–Kier alpha value is -0.770. The van der Waals surface area contributed by atoms with Gasteiger partial charge in [0.15, 0.2) is 0 Å². The summed E-state index contributed by atoms with van der Waals surface area (Å²) >= 11 is 0. The molecule has 17 heavy (non-hydrogen) atoms. The van der Waals surface area contributed by atoms with Gasteiger partial charge in [-0.3, -0.25) is 0 Å². The first kappa shape index (κ1) is 12.7. The molecule has 2 fully saturated rings. The van der Waals surface area contributed by atoms with E-state index in [0.717, 1.165) is 32.2 Å². The molecule has 1 saturated carbocycles. The Labute approximate surface area is 103 Å². The fourth-order valence-electron chi connectivity index (χ4n) is 2.44. The predicted octanol–water partition coefficient (Wildman–Crippen LogP) is 2.16. The Morgan fingerprint density at radius 3 is 2.59 bits per heavy atom. The zero-order valence-corrected chi connectivity index (χ0v) is 11.0. The maximum atomic E-state index is 11.9. The second kappa shape index (κ2) is 4.16. The summed E-state index contributed by atoms with van der Waals surface area (Å²) in [5.41, 5.74) is -0.929. The maximum absolute atomic E-state index is 11.9. The molecule has 1 heterocycles. The Morgan fingerprint density at radius 1 is 1.41 bits per heavy atom. The van der Waals surface area contributed by atoms with Crippen LogP contribution in [0, 0.1) is 5.92 Å². The van der Waals surface area contributed by atoms with Gasteiger partial charge in [0, 0.05) is 19.0 Å². The first-order chi connectivity index (χ1) is 7.80. The molecule has 1 aliphatic carbocycles. The number of carbonyl (C=O) groups is 1. The molecule has 0 aromatic heterocycles. The SMILES string of the molecule is CC(C)(C)OC(=O)N1CCC[C@H](C2(O)CC2)C1. The van der Waals surface area contributed by atoms with Gasteiger partial charge < -0.3 is 14.7 Å². The quantitative estimate of drug-likeness (QED) is 0.765. The lowest BCUT2D eigenvalue weighted by Gasteiger charge is -2.36. The molecule has 1 aliphatic heterocycles. The van der Waals surface area contributed by atoms with E-state index < -0.39 is 11.2 Å². The highest BCUT2D eigenvalue weighted by molar-refractivity contribution is 5.68. The van der Waals surface area contributed by atoms with Crippen LogP contribution in [0.4, 0.5) is 4.79 Å². The van der Waals surface area contributed by atoms with Crippen molar-refractivity contribution in [3.8, 4) is 0 Å². The van der Waals surface area contributed by atoms with Crippen LogP contribution in [0.15, 0.2) is 0 Å². The average Bonchev–Trinajstić information content (AvgIpc) is 2.96. The monoisotopic (exact) mass is 241 g/mol. The number of piperidine rings is 1. The van der Waals surface area contributed by atoms with Crippen LogP contribution in [-0.4, -0.2) is 40.4 Å². The van der Waals surface area contributed by atoms with Crippen LogP contribution in [0.5, 0.6) is 0 Å². The molecule has 0 aromatic rings. The zero-order chi connectivity index (χ0) is 12.7. The molecule has 2 aliphatic rings. The van der Waals surface area contributed by atoms with E-state index in [9.17, 15) is 9.90 Å². The minimum Gasteiger partial charge on any atom is -0.444 e. The Balaban J connectivity index is 1.91. The largest absolute Gasteiger partial charge is 0.444 e. The normalized spacial score (nSPS) is 27.8. The minimum absolute atomic E-state index is 0.240. The standard InChI is InChI=1S/C13H23NO3/c1-12(2,3)17-11(15)14-8-4-5-10(9-14)13(16)6-7-13/h10,16H,4-9H2,1-3H3/t10-/m0/s1. The van der Waals surface area contributed by atoms with Crippen LogP contribution in [-0.2, 0) is 4.74 Å². The van der Waals surface area contributed by atoms with Gasteiger partial charge in [-0.1, -0.05) is 0 Å². The number of hydrogen-bond acceptors (Lipinski definition) is 3. The summed E-state index contributed by atoms with van der Waals surface area (Å²) in [6.45, 7) is 7.02. The van der Waals surface area contributed by atoms with Crippen LogP contribution in [0.3, 0.4) is 0 Å². The van der Waals surface area contributed by atoms with Gasteiger partial charge in [0.1, 0.15) is 5.60 Å². The van der Waals surface area contributed by atoms with E-state index in [1.165, 1.54) is 0 Å². The molecule has 98 valence electrons. The van der Waals surface area contributed by atoms with Crippen molar-refractivity contribution in [1.29, 1.82) is 0 Å². The number of amides is 1. The molecule has 1 atom stereocenters. The van der Waals surface area contributed by atoms with Gasteiger partial charge in [-0.2, -0.15) is 0 Å². The van der Waals surface area contributed by atoms with Crippen molar-refractivity contribution >= 4 is 6.09 Å². The molecule has 4 nitrogen and oxygen atoms in total. The van der Waals surface area contributed by atoms with Crippen LogP contribution in [0.1, 0.15) is 46.5 Å². The van der Waals surface area contributed by atoms with Crippen molar-refractivity contribution in [3.63, 3.8) is 0 Å². The molecule has 0 spiro atoms. The Kier molecular flexibility index (Phi) is 3.10. The van der Waals surface area contributed by atoms with Crippen molar-refractivity contribution < 1.29 is 14.6 Å². The van der Waals surface area contributed by atoms with Crippen molar-refractivity contribution in [2.75, 3.05) is 13.1 Å². The third kappa shape index (κ3) is 3.12. The van der Waals surface area contributed by atoms with Gasteiger partial charge in [-0.15, -0.1) is 0 Å². The lowest BCUT2D eigenvalue weighted by Crippen LogP contribution is -2.46. The van der Waals surface area contributed by atoms with E-state index in [0.29, 0.717) is 6.54 Å². The highest BCUT2D eigenvalue weighted by atomic mass is 16.6. The highest BCUT2D eigenvalue weighted by Crippen LogP contribution is 2.45. The first-order valence-corrected chi connectivity index (χ1v) is 6.50. The fraction of sp³-hybridized carbons (Fsp3) is 0.923. The predicted molar refractivity (Wildman–Crippen MR) is 64.7 cm³/mol. The number of rotatable bonds is 1. The molecule has 0 aromatic carbocycles. The molecule has 1 amide bonds. The average molecular weight is 241 g/mol. The topological polar surface area (TPSA) is 49.8 Å². The van der Waals surface area contributed by atoms with E-state index in [4.69, 9.17) is 4.74 Å². The maximum Gasteiger partial charge on any atom is 0.410 e. The van der Waals surface area contributed by atoms with Gasteiger partial charge in [0.05, 0.1) is 5.60 Å². The van der Waals surface area contributed by atoms with Crippen LogP contribution in [0.25, 0.3) is 0 Å². The van der Waals surface area contributed by atoms with E-state index in [-0.39, 0.29) is 12.0 Å². The second-order valence-electron chi connectivity index (χ2n) is 6.37. The van der Waals surface area contributed by atoms with Crippen LogP contribution >= 0.6 is 0 Å². The third-order valence-electron chi connectivity index (χ3n) is 3.60. The highest BCUT2D eigenvalue weighted by Gasteiger charge is 2.49. The summed E-state index contributed by atoms with van der Waals surface area (Å²) in [6.07, 6.45) is 3.52. The lowest BCUT2D eigenvalue weighted by molar-refractivity contribution is -0.00300. The third-order valence-corrected chi connectivity index (χ3v) is 3.60. The summed E-state index contributed by atoms with van der Waals surface area (Å²) in [5.74, 6) is 0.240. The summed E-state index contributed by atoms with van der Waals surface area (Å²) < 4.78 is 5.36. The molecule has 4 heteroatoms. The van der Waals surface area contributed by atoms with Crippen LogP contribution < -0.4 is 0 Å². The van der Waals surface area contributed by atoms with E-state index in [1.54, 1.807) is 4.90 Å². The Bertz CT molecular complexity index is 304. The van der Waals surface area contributed by atoms with E-state index in [2.05, 4.69) is 0 Å². The van der Waals surface area contributed by atoms with Gasteiger partial charge in [0.2, 0.25) is 0 Å². The number of likely N-dealkylation sites (tertiary alicyclic amines) is 1. The Morgan fingerprint density at radius 2 is 2.06 bits per heavy atom. The van der Waals surface area contributed by atoms with Crippen molar-refractivity contribution in [2.24, 2.45) is 5.92 Å². The smallest absolute Gasteiger partial charge is 0.410 e.